The fourth-order valence-electron chi connectivity index (χ4n) is 1.74. The van der Waals surface area contributed by atoms with Gasteiger partial charge in [0, 0.05) is 37.8 Å². The summed E-state index contributed by atoms with van der Waals surface area (Å²) in [5.41, 5.74) is 1.12. The van der Waals surface area contributed by atoms with Gasteiger partial charge in [-0.25, -0.2) is 0 Å². The van der Waals surface area contributed by atoms with Crippen molar-refractivity contribution in [2.24, 2.45) is 0 Å². The molecule has 1 fully saturated rings. The molecule has 0 spiro atoms. The zero-order chi connectivity index (χ0) is 10.7. The van der Waals surface area contributed by atoms with Crippen LogP contribution in [0, 0.1) is 10.1 Å². The van der Waals surface area contributed by atoms with E-state index in [4.69, 9.17) is 0 Å². The van der Waals surface area contributed by atoms with Gasteiger partial charge in [0.15, 0.2) is 0 Å². The van der Waals surface area contributed by atoms with Gasteiger partial charge in [-0.3, -0.25) is 10.1 Å². The molecule has 0 bridgehead atoms. The molecule has 1 saturated heterocycles. The van der Waals surface area contributed by atoms with E-state index < -0.39 is 0 Å². The lowest BCUT2D eigenvalue weighted by molar-refractivity contribution is -0.384. The van der Waals surface area contributed by atoms with Crippen molar-refractivity contribution in [2.75, 3.05) is 19.6 Å². The van der Waals surface area contributed by atoms with Crippen LogP contribution in [0.25, 0.3) is 0 Å². The van der Waals surface area contributed by atoms with Gasteiger partial charge in [0.05, 0.1) is 4.92 Å². The van der Waals surface area contributed by atoms with E-state index in [2.05, 4.69) is 10.6 Å². The number of non-ortho nitro benzene ring substituents is 1. The lowest BCUT2D eigenvalue weighted by Gasteiger charge is -2.24. The van der Waals surface area contributed by atoms with E-state index in [0.29, 0.717) is 0 Å². The minimum absolute atomic E-state index is 0.153. The number of nitro groups is 1. The second kappa shape index (κ2) is 4.37. The highest BCUT2D eigenvalue weighted by molar-refractivity contribution is 5.36. The van der Waals surface area contributed by atoms with E-state index >= 15 is 0 Å². The number of nitrogens with one attached hydrogen (secondary N) is 2. The molecule has 0 amide bonds. The Balaban J connectivity index is 2.19. The Hall–Kier alpha value is -1.46. The summed E-state index contributed by atoms with van der Waals surface area (Å²) in [4.78, 5) is 10.2. The molecule has 1 aromatic carbocycles. The van der Waals surface area contributed by atoms with Crippen molar-refractivity contribution in [3.05, 3.63) is 39.9 Å². The van der Waals surface area contributed by atoms with E-state index in [-0.39, 0.29) is 16.7 Å². The maximum Gasteiger partial charge on any atom is 0.269 e. The molecular weight excluding hydrogens is 194 g/mol. The Labute approximate surface area is 87.6 Å². The summed E-state index contributed by atoms with van der Waals surface area (Å²) in [5, 5.41) is 17.2. The first-order valence-electron chi connectivity index (χ1n) is 4.96. The monoisotopic (exact) mass is 207 g/mol. The van der Waals surface area contributed by atoms with Crippen LogP contribution in [0.15, 0.2) is 24.3 Å². The van der Waals surface area contributed by atoms with E-state index in [0.717, 1.165) is 25.2 Å². The van der Waals surface area contributed by atoms with Crippen LogP contribution >= 0.6 is 0 Å². The Morgan fingerprint density at radius 1 is 1.40 bits per heavy atom. The minimum atomic E-state index is -0.361. The molecule has 0 saturated carbocycles. The Bertz CT molecular complexity index is 361. The first-order chi connectivity index (χ1) is 7.27. The van der Waals surface area contributed by atoms with Crippen molar-refractivity contribution in [3.8, 4) is 0 Å². The van der Waals surface area contributed by atoms with Gasteiger partial charge in [-0.15, -0.1) is 0 Å². The van der Waals surface area contributed by atoms with Crippen molar-refractivity contribution in [1.29, 1.82) is 0 Å². The van der Waals surface area contributed by atoms with Crippen molar-refractivity contribution < 1.29 is 4.92 Å². The van der Waals surface area contributed by atoms with Crippen LogP contribution in [0.5, 0.6) is 0 Å². The average molecular weight is 207 g/mol. The molecular formula is C10H13N3O2. The molecule has 1 unspecified atom stereocenters. The largest absolute Gasteiger partial charge is 0.314 e. The SMILES string of the molecule is O=[N+]([O-])c1cccc(C2CNCCN2)c1. The van der Waals surface area contributed by atoms with Crippen LogP contribution in [-0.2, 0) is 0 Å². The highest BCUT2D eigenvalue weighted by Gasteiger charge is 2.16. The quantitative estimate of drug-likeness (QED) is 0.556. The smallest absolute Gasteiger partial charge is 0.269 e. The summed E-state index contributed by atoms with van der Waals surface area (Å²) in [5.74, 6) is 0. The van der Waals surface area contributed by atoms with Crippen LogP contribution in [0.1, 0.15) is 11.6 Å². The molecule has 1 heterocycles. The van der Waals surface area contributed by atoms with Crippen LogP contribution in [0.4, 0.5) is 5.69 Å². The molecule has 5 nitrogen and oxygen atoms in total. The maximum atomic E-state index is 10.6. The second-order valence-electron chi connectivity index (χ2n) is 3.56. The van der Waals surface area contributed by atoms with Gasteiger partial charge in [-0.2, -0.15) is 0 Å². The maximum absolute atomic E-state index is 10.6. The molecule has 1 aliphatic rings. The van der Waals surface area contributed by atoms with Gasteiger partial charge < -0.3 is 10.6 Å². The first-order valence-corrected chi connectivity index (χ1v) is 4.96. The first kappa shape index (κ1) is 10.1. The molecule has 15 heavy (non-hydrogen) atoms. The summed E-state index contributed by atoms with van der Waals surface area (Å²) in [6, 6.07) is 6.96. The van der Waals surface area contributed by atoms with Crippen molar-refractivity contribution in [1.82, 2.24) is 10.6 Å². The molecule has 1 atom stereocenters. The topological polar surface area (TPSA) is 67.2 Å². The fraction of sp³-hybridized carbons (Fsp3) is 0.400. The normalized spacial score (nSPS) is 21.2. The van der Waals surface area contributed by atoms with Gasteiger partial charge in [-0.05, 0) is 5.56 Å². The molecule has 0 radical (unpaired) electrons. The number of benzene rings is 1. The molecule has 80 valence electrons. The highest BCUT2D eigenvalue weighted by atomic mass is 16.6. The standard InChI is InChI=1S/C10H13N3O2/c14-13(15)9-3-1-2-8(6-9)10-7-11-4-5-12-10/h1-3,6,10-12H,4-5,7H2. The van der Waals surface area contributed by atoms with E-state index in [9.17, 15) is 10.1 Å². The van der Waals surface area contributed by atoms with Gasteiger partial charge in [0.25, 0.3) is 5.69 Å². The summed E-state index contributed by atoms with van der Waals surface area (Å²) in [7, 11) is 0. The zero-order valence-corrected chi connectivity index (χ0v) is 8.27. The highest BCUT2D eigenvalue weighted by Crippen LogP contribution is 2.19. The lowest BCUT2D eigenvalue weighted by Crippen LogP contribution is -2.42. The lowest BCUT2D eigenvalue weighted by atomic mass is 10.0. The van der Waals surface area contributed by atoms with Crippen LogP contribution in [0.2, 0.25) is 0 Å². The van der Waals surface area contributed by atoms with E-state index in [1.807, 2.05) is 6.07 Å². The summed E-state index contributed by atoms with van der Waals surface area (Å²) >= 11 is 0. The van der Waals surface area contributed by atoms with Crippen molar-refractivity contribution >= 4 is 5.69 Å². The number of nitro benzene ring substituents is 1. The fourth-order valence-corrected chi connectivity index (χ4v) is 1.74. The van der Waals surface area contributed by atoms with E-state index in [1.54, 1.807) is 12.1 Å². The zero-order valence-electron chi connectivity index (χ0n) is 8.27. The van der Waals surface area contributed by atoms with Gasteiger partial charge >= 0.3 is 0 Å². The molecule has 0 aromatic heterocycles. The van der Waals surface area contributed by atoms with Crippen LogP contribution < -0.4 is 10.6 Å². The van der Waals surface area contributed by atoms with Gasteiger partial charge in [0.2, 0.25) is 0 Å². The molecule has 5 heteroatoms. The summed E-state index contributed by atoms with van der Waals surface area (Å²) in [6.45, 7) is 2.67. The number of hydrogen-bond acceptors (Lipinski definition) is 4. The number of nitrogens with zero attached hydrogens (tertiary/aromatic N) is 1. The summed E-state index contributed by atoms with van der Waals surface area (Å²) < 4.78 is 0. The minimum Gasteiger partial charge on any atom is -0.314 e. The molecule has 1 aromatic rings. The van der Waals surface area contributed by atoms with E-state index in [1.165, 1.54) is 6.07 Å². The molecule has 1 aliphatic heterocycles. The number of rotatable bonds is 2. The third-order valence-corrected chi connectivity index (χ3v) is 2.52. The summed E-state index contributed by atoms with van der Waals surface area (Å²) in [6.07, 6.45) is 0. The van der Waals surface area contributed by atoms with Crippen LogP contribution in [0.3, 0.4) is 0 Å². The third-order valence-electron chi connectivity index (χ3n) is 2.52. The third kappa shape index (κ3) is 2.31. The molecule has 0 aliphatic carbocycles. The number of hydrogen-bond donors (Lipinski definition) is 2. The molecule has 2 rings (SSSR count). The predicted octanol–water partition coefficient (Wildman–Crippen LogP) is 0.829. The Morgan fingerprint density at radius 2 is 2.27 bits per heavy atom. The van der Waals surface area contributed by atoms with Gasteiger partial charge in [0.1, 0.15) is 0 Å². The second-order valence-corrected chi connectivity index (χ2v) is 3.56. The van der Waals surface area contributed by atoms with Crippen LogP contribution in [-0.4, -0.2) is 24.6 Å². The predicted molar refractivity (Wildman–Crippen MR) is 56.7 cm³/mol. The van der Waals surface area contributed by atoms with Crippen molar-refractivity contribution in [2.45, 2.75) is 6.04 Å². The van der Waals surface area contributed by atoms with Crippen molar-refractivity contribution in [3.63, 3.8) is 0 Å². The number of piperazine rings is 1. The molecule has 2 N–H and O–H groups in total. The Morgan fingerprint density at radius 3 is 2.93 bits per heavy atom. The van der Waals surface area contributed by atoms with Gasteiger partial charge in [-0.1, -0.05) is 12.1 Å². The average Bonchev–Trinajstić information content (AvgIpc) is 2.30. The Kier molecular flexibility index (Phi) is 2.94.